The zero-order chi connectivity index (χ0) is 14.9. The number of unbranched alkanes of at least 4 members (excludes halogenated alkanes) is 2. The molecule has 0 aromatic heterocycles. The largest absolute Gasteiger partial charge is 0.0654 e. The number of benzene rings is 2. The van der Waals surface area contributed by atoms with Crippen LogP contribution in [0.25, 0.3) is 0 Å². The molecular weight excluding hydrogens is 252 g/mol. The Morgan fingerprint density at radius 3 is 2.00 bits per heavy atom. The van der Waals surface area contributed by atoms with E-state index in [2.05, 4.69) is 68.4 Å². The lowest BCUT2D eigenvalue weighted by molar-refractivity contribution is 0.618. The molecule has 1 atom stereocenters. The lowest BCUT2D eigenvalue weighted by atomic mass is 9.86. The molecule has 112 valence electrons. The van der Waals surface area contributed by atoms with Crippen molar-refractivity contribution >= 4 is 0 Å². The summed E-state index contributed by atoms with van der Waals surface area (Å²) in [6.07, 6.45) is 7.59. The first-order chi connectivity index (χ1) is 10.3. The van der Waals surface area contributed by atoms with Gasteiger partial charge in [0.25, 0.3) is 0 Å². The zero-order valence-electron chi connectivity index (χ0n) is 13.5. The maximum absolute atomic E-state index is 2.34. The Morgan fingerprint density at radius 1 is 0.714 bits per heavy atom. The maximum Gasteiger partial charge on any atom is 0.00893 e. The Hall–Kier alpha value is -1.56. The molecule has 0 saturated heterocycles. The van der Waals surface area contributed by atoms with E-state index < -0.39 is 0 Å². The Balaban J connectivity index is 2.17. The van der Waals surface area contributed by atoms with Crippen LogP contribution in [-0.2, 0) is 6.42 Å². The third-order valence-electron chi connectivity index (χ3n) is 4.22. The minimum absolute atomic E-state index is 0.549. The van der Waals surface area contributed by atoms with Crippen LogP contribution >= 0.6 is 0 Å². The first kappa shape index (κ1) is 15.8. The average molecular weight is 280 g/mol. The Kier molecular flexibility index (Phi) is 6.53. The monoisotopic (exact) mass is 280 g/mol. The fourth-order valence-corrected chi connectivity index (χ4v) is 3.01. The van der Waals surface area contributed by atoms with Crippen molar-refractivity contribution < 1.29 is 0 Å². The molecule has 0 bridgehead atoms. The second-order valence-corrected chi connectivity index (χ2v) is 5.95. The van der Waals surface area contributed by atoms with E-state index >= 15 is 0 Å². The average Bonchev–Trinajstić information content (AvgIpc) is 2.54. The summed E-state index contributed by atoms with van der Waals surface area (Å²) in [5, 5.41) is 0. The minimum Gasteiger partial charge on any atom is -0.0654 e. The summed E-state index contributed by atoms with van der Waals surface area (Å²) in [4.78, 5) is 0. The second-order valence-electron chi connectivity index (χ2n) is 5.95. The maximum atomic E-state index is 2.34. The smallest absolute Gasteiger partial charge is 0.00893 e. The molecule has 0 spiro atoms. The van der Waals surface area contributed by atoms with Crippen LogP contribution in [-0.4, -0.2) is 0 Å². The fourth-order valence-electron chi connectivity index (χ4n) is 3.01. The topological polar surface area (TPSA) is 0 Å². The molecule has 21 heavy (non-hydrogen) atoms. The first-order valence-corrected chi connectivity index (χ1v) is 8.49. The first-order valence-electron chi connectivity index (χ1n) is 8.49. The molecule has 0 heteroatoms. The lowest BCUT2D eigenvalue weighted by Gasteiger charge is -2.18. The van der Waals surface area contributed by atoms with Crippen LogP contribution in [0.1, 0.15) is 68.6 Å². The summed E-state index contributed by atoms with van der Waals surface area (Å²) in [6, 6.07) is 20.3. The molecule has 2 aromatic rings. The number of aryl methyl sites for hydroxylation is 1. The van der Waals surface area contributed by atoms with Gasteiger partial charge in [0.05, 0.1) is 0 Å². The van der Waals surface area contributed by atoms with Gasteiger partial charge >= 0.3 is 0 Å². The summed E-state index contributed by atoms with van der Waals surface area (Å²) in [7, 11) is 0. The van der Waals surface area contributed by atoms with Gasteiger partial charge < -0.3 is 0 Å². The van der Waals surface area contributed by atoms with Crippen LogP contribution in [0.5, 0.6) is 0 Å². The summed E-state index contributed by atoms with van der Waals surface area (Å²) in [6.45, 7) is 4.52. The molecule has 0 N–H and O–H groups in total. The number of rotatable bonds is 8. The van der Waals surface area contributed by atoms with Gasteiger partial charge in [-0.2, -0.15) is 0 Å². The highest BCUT2D eigenvalue weighted by molar-refractivity contribution is 5.34. The van der Waals surface area contributed by atoms with Gasteiger partial charge in [-0.3, -0.25) is 0 Å². The molecule has 2 rings (SSSR count). The van der Waals surface area contributed by atoms with E-state index in [1.54, 1.807) is 0 Å². The predicted octanol–water partition coefficient (Wildman–Crippen LogP) is 6.35. The van der Waals surface area contributed by atoms with E-state index in [1.165, 1.54) is 55.2 Å². The molecule has 0 heterocycles. The van der Waals surface area contributed by atoms with Gasteiger partial charge in [-0.05, 0) is 29.5 Å². The van der Waals surface area contributed by atoms with Gasteiger partial charge in [-0.1, -0.05) is 94.1 Å². The van der Waals surface area contributed by atoms with E-state index in [9.17, 15) is 0 Å². The number of hydrogen-bond acceptors (Lipinski definition) is 0. The van der Waals surface area contributed by atoms with Crippen molar-refractivity contribution in [2.45, 2.75) is 58.3 Å². The fraction of sp³-hybridized carbons (Fsp3) is 0.429. The van der Waals surface area contributed by atoms with Crippen molar-refractivity contribution in [3.8, 4) is 0 Å². The van der Waals surface area contributed by atoms with Gasteiger partial charge in [0, 0.05) is 5.92 Å². The third kappa shape index (κ3) is 4.74. The molecule has 2 aromatic carbocycles. The molecule has 1 unspecified atom stereocenters. The van der Waals surface area contributed by atoms with Gasteiger partial charge in [-0.15, -0.1) is 0 Å². The van der Waals surface area contributed by atoms with Crippen molar-refractivity contribution in [3.05, 3.63) is 71.3 Å². The second kappa shape index (κ2) is 8.67. The van der Waals surface area contributed by atoms with Crippen molar-refractivity contribution in [3.63, 3.8) is 0 Å². The molecule has 0 amide bonds. The molecular formula is C21H28. The van der Waals surface area contributed by atoms with Crippen LogP contribution in [0.4, 0.5) is 0 Å². The van der Waals surface area contributed by atoms with E-state index in [4.69, 9.17) is 0 Å². The van der Waals surface area contributed by atoms with Crippen molar-refractivity contribution in [2.24, 2.45) is 0 Å². The third-order valence-corrected chi connectivity index (χ3v) is 4.22. The van der Waals surface area contributed by atoms with E-state index in [-0.39, 0.29) is 0 Å². The van der Waals surface area contributed by atoms with Crippen LogP contribution in [0.3, 0.4) is 0 Å². The predicted molar refractivity (Wildman–Crippen MR) is 92.9 cm³/mol. The lowest BCUT2D eigenvalue weighted by Crippen LogP contribution is -2.01. The normalized spacial score (nSPS) is 12.3. The SMILES string of the molecule is CCCCCC(c1ccccc1)c1ccc(CCC)cc1. The Labute approximate surface area is 130 Å². The van der Waals surface area contributed by atoms with Crippen molar-refractivity contribution in [1.29, 1.82) is 0 Å². The molecule has 0 saturated carbocycles. The Morgan fingerprint density at radius 2 is 1.38 bits per heavy atom. The highest BCUT2D eigenvalue weighted by Gasteiger charge is 2.13. The van der Waals surface area contributed by atoms with Crippen molar-refractivity contribution in [2.75, 3.05) is 0 Å². The quantitative estimate of drug-likeness (QED) is 0.494. The van der Waals surface area contributed by atoms with Gasteiger partial charge in [0.1, 0.15) is 0 Å². The molecule has 0 aliphatic carbocycles. The van der Waals surface area contributed by atoms with E-state index in [1.807, 2.05) is 0 Å². The molecule has 0 radical (unpaired) electrons. The van der Waals surface area contributed by atoms with Gasteiger partial charge in [0.2, 0.25) is 0 Å². The van der Waals surface area contributed by atoms with E-state index in [0.717, 1.165) is 0 Å². The summed E-state index contributed by atoms with van der Waals surface area (Å²) >= 11 is 0. The Bertz CT molecular complexity index is 495. The van der Waals surface area contributed by atoms with Crippen LogP contribution in [0.15, 0.2) is 54.6 Å². The standard InChI is InChI=1S/C21H28/c1-3-5-7-13-21(19-11-8-6-9-12-19)20-16-14-18(10-4-2)15-17-20/h6,8-9,11-12,14-17,21H,3-5,7,10,13H2,1-2H3. The van der Waals surface area contributed by atoms with Crippen LogP contribution in [0.2, 0.25) is 0 Å². The van der Waals surface area contributed by atoms with E-state index in [0.29, 0.717) is 5.92 Å². The molecule has 0 aliphatic rings. The van der Waals surface area contributed by atoms with Crippen LogP contribution < -0.4 is 0 Å². The van der Waals surface area contributed by atoms with Gasteiger partial charge in [-0.25, -0.2) is 0 Å². The highest BCUT2D eigenvalue weighted by atomic mass is 14.2. The highest BCUT2D eigenvalue weighted by Crippen LogP contribution is 2.30. The summed E-state index contributed by atoms with van der Waals surface area (Å²) in [5.41, 5.74) is 4.38. The van der Waals surface area contributed by atoms with Crippen molar-refractivity contribution in [1.82, 2.24) is 0 Å². The molecule has 0 aliphatic heterocycles. The number of hydrogen-bond donors (Lipinski definition) is 0. The molecule has 0 nitrogen and oxygen atoms in total. The summed E-state index contributed by atoms with van der Waals surface area (Å²) in [5.74, 6) is 0.549. The minimum atomic E-state index is 0.549. The summed E-state index contributed by atoms with van der Waals surface area (Å²) < 4.78 is 0. The zero-order valence-corrected chi connectivity index (χ0v) is 13.5. The van der Waals surface area contributed by atoms with Crippen LogP contribution in [0, 0.1) is 0 Å². The van der Waals surface area contributed by atoms with Gasteiger partial charge in [0.15, 0.2) is 0 Å². The molecule has 0 fully saturated rings.